The molecule has 1 rings (SSSR count). The smallest absolute Gasteiger partial charge is 0.0568 e. The molecule has 3 heteroatoms. The Labute approximate surface area is 98.4 Å². The van der Waals surface area contributed by atoms with E-state index in [9.17, 15) is 0 Å². The van der Waals surface area contributed by atoms with Crippen LogP contribution in [0.1, 0.15) is 27.2 Å². The van der Waals surface area contributed by atoms with Gasteiger partial charge in [0, 0.05) is 18.8 Å². The topological polar surface area (TPSA) is 55.3 Å². The first kappa shape index (κ1) is 12.7. The van der Waals surface area contributed by atoms with E-state index in [4.69, 9.17) is 11.5 Å². The summed E-state index contributed by atoms with van der Waals surface area (Å²) < 4.78 is 0. The van der Waals surface area contributed by atoms with Crippen molar-refractivity contribution in [2.45, 2.75) is 27.2 Å². The quantitative estimate of drug-likeness (QED) is 0.752. The molecule has 1 atom stereocenters. The van der Waals surface area contributed by atoms with E-state index in [-0.39, 0.29) is 0 Å². The van der Waals surface area contributed by atoms with Crippen molar-refractivity contribution in [2.75, 3.05) is 29.5 Å². The first-order chi connectivity index (χ1) is 7.58. The Morgan fingerprint density at radius 3 is 2.38 bits per heavy atom. The number of anilines is 3. The van der Waals surface area contributed by atoms with Crippen LogP contribution in [0, 0.1) is 5.92 Å². The van der Waals surface area contributed by atoms with Gasteiger partial charge in [-0.25, -0.2) is 0 Å². The molecule has 1 unspecified atom stereocenters. The van der Waals surface area contributed by atoms with Crippen LogP contribution >= 0.6 is 0 Å². The van der Waals surface area contributed by atoms with Crippen molar-refractivity contribution in [1.29, 1.82) is 0 Å². The van der Waals surface area contributed by atoms with E-state index in [0.29, 0.717) is 17.3 Å². The molecule has 0 aliphatic carbocycles. The number of nitrogens with two attached hydrogens (primary N) is 2. The van der Waals surface area contributed by atoms with Crippen LogP contribution in [0.15, 0.2) is 18.2 Å². The third kappa shape index (κ3) is 3.05. The van der Waals surface area contributed by atoms with Gasteiger partial charge in [0.25, 0.3) is 0 Å². The number of nitrogen functional groups attached to an aromatic ring is 2. The minimum atomic E-state index is 0.656. The zero-order valence-corrected chi connectivity index (χ0v) is 10.5. The van der Waals surface area contributed by atoms with Crippen LogP contribution in [0.25, 0.3) is 0 Å². The van der Waals surface area contributed by atoms with Crippen molar-refractivity contribution in [3.8, 4) is 0 Å². The molecule has 1 aromatic rings. The third-order valence-electron chi connectivity index (χ3n) is 3.05. The Balaban J connectivity index is 2.82. The van der Waals surface area contributed by atoms with E-state index in [0.717, 1.165) is 18.8 Å². The second-order valence-corrected chi connectivity index (χ2v) is 4.37. The maximum absolute atomic E-state index is 5.82. The number of hydrogen-bond acceptors (Lipinski definition) is 3. The molecular weight excluding hydrogens is 198 g/mol. The van der Waals surface area contributed by atoms with Crippen molar-refractivity contribution in [1.82, 2.24) is 0 Å². The fraction of sp³-hybridized carbons (Fsp3) is 0.538. The normalized spacial score (nSPS) is 12.4. The van der Waals surface area contributed by atoms with Crippen molar-refractivity contribution in [3.05, 3.63) is 18.2 Å². The minimum Gasteiger partial charge on any atom is -0.397 e. The Morgan fingerprint density at radius 1 is 1.19 bits per heavy atom. The molecule has 0 aliphatic rings. The Bertz CT molecular complexity index is 336. The largest absolute Gasteiger partial charge is 0.397 e. The monoisotopic (exact) mass is 221 g/mol. The van der Waals surface area contributed by atoms with Gasteiger partial charge in [0.05, 0.1) is 11.4 Å². The molecule has 0 radical (unpaired) electrons. The van der Waals surface area contributed by atoms with Crippen LogP contribution in [0.2, 0.25) is 0 Å². The van der Waals surface area contributed by atoms with E-state index >= 15 is 0 Å². The Hall–Kier alpha value is -1.38. The fourth-order valence-electron chi connectivity index (χ4n) is 1.68. The molecule has 16 heavy (non-hydrogen) atoms. The zero-order valence-electron chi connectivity index (χ0n) is 10.5. The molecule has 0 aromatic heterocycles. The van der Waals surface area contributed by atoms with Gasteiger partial charge in [-0.3, -0.25) is 0 Å². The summed E-state index contributed by atoms with van der Waals surface area (Å²) in [7, 11) is 0. The number of rotatable bonds is 5. The van der Waals surface area contributed by atoms with Crippen LogP contribution in [0.4, 0.5) is 17.1 Å². The highest BCUT2D eigenvalue weighted by Gasteiger charge is 2.09. The average Bonchev–Trinajstić information content (AvgIpc) is 2.29. The minimum absolute atomic E-state index is 0.656. The molecule has 0 saturated heterocycles. The maximum Gasteiger partial charge on any atom is 0.0568 e. The summed E-state index contributed by atoms with van der Waals surface area (Å²) in [6.07, 6.45) is 1.20. The molecule has 0 aliphatic heterocycles. The predicted octanol–water partition coefficient (Wildman–Crippen LogP) is 2.72. The van der Waals surface area contributed by atoms with Crippen LogP contribution in [0.3, 0.4) is 0 Å². The van der Waals surface area contributed by atoms with Gasteiger partial charge in [0.15, 0.2) is 0 Å². The van der Waals surface area contributed by atoms with Gasteiger partial charge in [-0.2, -0.15) is 0 Å². The van der Waals surface area contributed by atoms with E-state index in [1.807, 2.05) is 18.2 Å². The van der Waals surface area contributed by atoms with Crippen molar-refractivity contribution < 1.29 is 0 Å². The Morgan fingerprint density at radius 2 is 1.88 bits per heavy atom. The average molecular weight is 221 g/mol. The highest BCUT2D eigenvalue weighted by atomic mass is 15.1. The number of benzene rings is 1. The lowest BCUT2D eigenvalue weighted by atomic mass is 10.1. The summed E-state index contributed by atoms with van der Waals surface area (Å²) in [5.41, 5.74) is 14.0. The first-order valence-electron chi connectivity index (χ1n) is 5.98. The van der Waals surface area contributed by atoms with Crippen LogP contribution in [-0.2, 0) is 0 Å². The molecule has 1 aromatic carbocycles. The van der Waals surface area contributed by atoms with Gasteiger partial charge >= 0.3 is 0 Å². The van der Waals surface area contributed by atoms with Crippen molar-refractivity contribution in [2.24, 2.45) is 5.92 Å². The summed E-state index contributed by atoms with van der Waals surface area (Å²) >= 11 is 0. The molecule has 0 fully saturated rings. The lowest BCUT2D eigenvalue weighted by Crippen LogP contribution is -2.28. The highest BCUT2D eigenvalue weighted by molar-refractivity contribution is 5.69. The second kappa shape index (κ2) is 5.64. The zero-order chi connectivity index (χ0) is 12.1. The van der Waals surface area contributed by atoms with Gasteiger partial charge in [-0.1, -0.05) is 20.3 Å². The van der Waals surface area contributed by atoms with Gasteiger partial charge in [-0.15, -0.1) is 0 Å². The summed E-state index contributed by atoms with van der Waals surface area (Å²) in [6, 6.07) is 5.88. The van der Waals surface area contributed by atoms with E-state index < -0.39 is 0 Å². The van der Waals surface area contributed by atoms with Crippen LogP contribution in [-0.4, -0.2) is 13.1 Å². The van der Waals surface area contributed by atoms with E-state index in [2.05, 4.69) is 25.7 Å². The fourth-order valence-corrected chi connectivity index (χ4v) is 1.68. The van der Waals surface area contributed by atoms with Crippen LogP contribution in [0.5, 0.6) is 0 Å². The van der Waals surface area contributed by atoms with Gasteiger partial charge in [0.2, 0.25) is 0 Å². The lowest BCUT2D eigenvalue weighted by molar-refractivity contribution is 0.548. The molecule has 0 heterocycles. The van der Waals surface area contributed by atoms with Gasteiger partial charge in [0.1, 0.15) is 0 Å². The van der Waals surface area contributed by atoms with Gasteiger partial charge < -0.3 is 16.4 Å². The summed E-state index contributed by atoms with van der Waals surface area (Å²) in [6.45, 7) is 8.71. The Kier molecular flexibility index (Phi) is 4.47. The second-order valence-electron chi connectivity index (χ2n) is 4.37. The molecule has 0 bridgehead atoms. The first-order valence-corrected chi connectivity index (χ1v) is 5.98. The third-order valence-corrected chi connectivity index (χ3v) is 3.05. The lowest BCUT2D eigenvalue weighted by Gasteiger charge is -2.26. The standard InChI is InChI=1S/C13H23N3/c1-4-10(3)9-16(5-2)11-6-7-12(14)13(15)8-11/h6-8,10H,4-5,9,14-15H2,1-3H3. The molecule has 4 N–H and O–H groups in total. The maximum atomic E-state index is 5.82. The molecule has 3 nitrogen and oxygen atoms in total. The van der Waals surface area contributed by atoms with Crippen molar-refractivity contribution in [3.63, 3.8) is 0 Å². The molecule has 0 saturated carbocycles. The number of hydrogen-bond donors (Lipinski definition) is 2. The molecule has 90 valence electrons. The summed E-state index contributed by atoms with van der Waals surface area (Å²) in [5, 5.41) is 0. The van der Waals surface area contributed by atoms with E-state index in [1.165, 1.54) is 6.42 Å². The van der Waals surface area contributed by atoms with Crippen LogP contribution < -0.4 is 16.4 Å². The summed E-state index contributed by atoms with van der Waals surface area (Å²) in [5.74, 6) is 0.693. The SMILES string of the molecule is CCC(C)CN(CC)c1ccc(N)c(N)c1. The molecule has 0 amide bonds. The van der Waals surface area contributed by atoms with Crippen molar-refractivity contribution >= 4 is 17.1 Å². The predicted molar refractivity (Wildman–Crippen MR) is 72.6 cm³/mol. The molecule has 0 spiro atoms. The van der Waals surface area contributed by atoms with Gasteiger partial charge in [-0.05, 0) is 31.0 Å². The summed E-state index contributed by atoms with van der Waals surface area (Å²) in [4.78, 5) is 2.34. The number of nitrogens with zero attached hydrogens (tertiary/aromatic N) is 1. The molecular formula is C13H23N3. The van der Waals surface area contributed by atoms with E-state index in [1.54, 1.807) is 0 Å². The highest BCUT2D eigenvalue weighted by Crippen LogP contribution is 2.23.